The predicted molar refractivity (Wildman–Crippen MR) is 113 cm³/mol. The van der Waals surface area contributed by atoms with Gasteiger partial charge in [-0.1, -0.05) is 46.3 Å². The number of halogens is 1. The predicted octanol–water partition coefficient (Wildman–Crippen LogP) is 4.85. The number of para-hydroxylation sites is 1. The number of rotatable bonds is 6. The van der Waals surface area contributed by atoms with Gasteiger partial charge in [0, 0.05) is 15.8 Å². The molecule has 0 aliphatic heterocycles. The van der Waals surface area contributed by atoms with Crippen LogP contribution in [0.1, 0.15) is 36.7 Å². The Labute approximate surface area is 167 Å². The third-order valence-electron chi connectivity index (χ3n) is 3.38. The minimum atomic E-state index is -0.340. The summed E-state index contributed by atoms with van der Waals surface area (Å²) in [6.07, 6.45) is 0. The fourth-order valence-electron chi connectivity index (χ4n) is 2.25. The highest BCUT2D eigenvalue weighted by Gasteiger charge is 2.18. The van der Waals surface area contributed by atoms with E-state index < -0.39 is 0 Å². The van der Waals surface area contributed by atoms with Gasteiger partial charge in [-0.3, -0.25) is 9.59 Å². The molecule has 2 rings (SSSR count). The van der Waals surface area contributed by atoms with Crippen molar-refractivity contribution in [1.29, 1.82) is 0 Å². The number of anilines is 1. The third kappa shape index (κ3) is 6.50. The minimum absolute atomic E-state index is 0.127. The van der Waals surface area contributed by atoms with E-state index in [0.717, 1.165) is 15.8 Å². The van der Waals surface area contributed by atoms with E-state index in [0.29, 0.717) is 17.0 Å². The second-order valence-corrected chi connectivity index (χ2v) is 8.72. The van der Waals surface area contributed by atoms with Gasteiger partial charge >= 0.3 is 0 Å². The van der Waals surface area contributed by atoms with Crippen molar-refractivity contribution in [3.05, 3.63) is 64.1 Å². The lowest BCUT2D eigenvalue weighted by Gasteiger charge is -2.21. The Bertz CT molecular complexity index is 787. The largest absolute Gasteiger partial charge is 0.347 e. The van der Waals surface area contributed by atoms with Crippen LogP contribution in [0.4, 0.5) is 5.69 Å². The Morgan fingerprint density at radius 3 is 2.38 bits per heavy atom. The van der Waals surface area contributed by atoms with Crippen molar-refractivity contribution >= 4 is 45.2 Å². The van der Waals surface area contributed by atoms with E-state index in [1.807, 2.05) is 45.0 Å². The number of benzene rings is 2. The summed E-state index contributed by atoms with van der Waals surface area (Å²) in [4.78, 5) is 24.7. The molecule has 0 aliphatic carbocycles. The quantitative estimate of drug-likeness (QED) is 0.682. The molecular weight excluding hydrogens is 412 g/mol. The molecule has 0 heterocycles. The van der Waals surface area contributed by atoms with Crippen molar-refractivity contribution in [1.82, 2.24) is 5.32 Å². The van der Waals surface area contributed by atoms with Crippen molar-refractivity contribution in [2.45, 2.75) is 32.1 Å². The monoisotopic (exact) mass is 434 g/mol. The first-order valence-electron chi connectivity index (χ1n) is 8.29. The standard InChI is InChI=1S/C20H23BrN2O2S/c1-20(2,3)23-19(25)15-9-5-7-11-17(15)22-18(24)13-26-12-14-8-4-6-10-16(14)21/h4-11H,12-13H2,1-3H3,(H,22,24)(H,23,25). The molecule has 138 valence electrons. The molecule has 2 amide bonds. The van der Waals surface area contributed by atoms with Gasteiger partial charge in [0.2, 0.25) is 5.91 Å². The maximum atomic E-state index is 12.4. The Morgan fingerprint density at radius 2 is 1.69 bits per heavy atom. The molecule has 0 saturated carbocycles. The summed E-state index contributed by atoms with van der Waals surface area (Å²) in [5.74, 6) is 0.727. The summed E-state index contributed by atoms with van der Waals surface area (Å²) in [5.41, 5.74) is 1.80. The van der Waals surface area contributed by atoms with Crippen LogP contribution in [0.15, 0.2) is 53.0 Å². The number of carbonyl (C=O) groups excluding carboxylic acids is 2. The molecule has 0 aliphatic rings. The van der Waals surface area contributed by atoms with Gasteiger partial charge in [0.1, 0.15) is 0 Å². The second-order valence-electron chi connectivity index (χ2n) is 6.88. The van der Waals surface area contributed by atoms with Crippen LogP contribution >= 0.6 is 27.7 Å². The Hall–Kier alpha value is -1.79. The Morgan fingerprint density at radius 1 is 1.04 bits per heavy atom. The van der Waals surface area contributed by atoms with Crippen molar-refractivity contribution in [2.24, 2.45) is 0 Å². The SMILES string of the molecule is CC(C)(C)NC(=O)c1ccccc1NC(=O)CSCc1ccccc1Br. The van der Waals surface area contributed by atoms with Gasteiger partial charge in [-0.2, -0.15) is 0 Å². The van der Waals surface area contributed by atoms with Crippen molar-refractivity contribution in [3.63, 3.8) is 0 Å². The number of nitrogens with one attached hydrogen (secondary N) is 2. The van der Waals surface area contributed by atoms with Gasteiger partial charge in [0.15, 0.2) is 0 Å². The summed E-state index contributed by atoms with van der Waals surface area (Å²) in [5, 5.41) is 5.77. The molecule has 0 bridgehead atoms. The van der Waals surface area contributed by atoms with Gasteiger partial charge < -0.3 is 10.6 Å². The van der Waals surface area contributed by atoms with E-state index in [4.69, 9.17) is 0 Å². The fraction of sp³-hybridized carbons (Fsp3) is 0.300. The average molecular weight is 435 g/mol. The highest BCUT2D eigenvalue weighted by Crippen LogP contribution is 2.22. The molecular formula is C20H23BrN2O2S. The van der Waals surface area contributed by atoms with Crippen LogP contribution in [0.5, 0.6) is 0 Å². The highest BCUT2D eigenvalue weighted by molar-refractivity contribution is 9.10. The molecule has 4 nitrogen and oxygen atoms in total. The molecule has 0 radical (unpaired) electrons. The van der Waals surface area contributed by atoms with Gasteiger partial charge in [-0.05, 0) is 44.5 Å². The van der Waals surface area contributed by atoms with E-state index in [2.05, 4.69) is 26.6 Å². The van der Waals surface area contributed by atoms with E-state index in [1.54, 1.807) is 24.3 Å². The lowest BCUT2D eigenvalue weighted by Crippen LogP contribution is -2.40. The average Bonchev–Trinajstić information content (AvgIpc) is 2.55. The lowest BCUT2D eigenvalue weighted by molar-refractivity contribution is -0.113. The minimum Gasteiger partial charge on any atom is -0.347 e. The first-order chi connectivity index (χ1) is 12.3. The first-order valence-corrected chi connectivity index (χ1v) is 10.2. The fourth-order valence-corrected chi connectivity index (χ4v) is 3.70. The molecule has 0 fully saturated rings. The number of amides is 2. The van der Waals surface area contributed by atoms with Crippen LogP contribution in [0.25, 0.3) is 0 Å². The summed E-state index contributed by atoms with van der Waals surface area (Å²) in [7, 11) is 0. The Kier molecular flexibility index (Phi) is 7.29. The van der Waals surface area contributed by atoms with E-state index >= 15 is 0 Å². The normalized spacial score (nSPS) is 11.1. The zero-order valence-electron chi connectivity index (χ0n) is 15.1. The molecule has 0 atom stereocenters. The van der Waals surface area contributed by atoms with Crippen LogP contribution in [0.3, 0.4) is 0 Å². The van der Waals surface area contributed by atoms with E-state index in [1.165, 1.54) is 11.8 Å². The molecule has 0 unspecified atom stereocenters. The summed E-state index contributed by atoms with van der Waals surface area (Å²) in [6.45, 7) is 5.76. The highest BCUT2D eigenvalue weighted by atomic mass is 79.9. The van der Waals surface area contributed by atoms with Gasteiger partial charge in [0.05, 0.1) is 17.0 Å². The summed E-state index contributed by atoms with van der Waals surface area (Å²) in [6, 6.07) is 15.0. The number of hydrogen-bond donors (Lipinski definition) is 2. The van der Waals surface area contributed by atoms with E-state index in [9.17, 15) is 9.59 Å². The molecule has 2 aromatic carbocycles. The van der Waals surface area contributed by atoms with Crippen LogP contribution in [0.2, 0.25) is 0 Å². The van der Waals surface area contributed by atoms with Crippen LogP contribution in [0, 0.1) is 0 Å². The van der Waals surface area contributed by atoms with Crippen LogP contribution < -0.4 is 10.6 Å². The molecule has 26 heavy (non-hydrogen) atoms. The van der Waals surface area contributed by atoms with E-state index in [-0.39, 0.29) is 17.4 Å². The maximum absolute atomic E-state index is 12.4. The lowest BCUT2D eigenvalue weighted by atomic mass is 10.1. The summed E-state index contributed by atoms with van der Waals surface area (Å²) < 4.78 is 1.04. The van der Waals surface area contributed by atoms with Gasteiger partial charge in [-0.25, -0.2) is 0 Å². The molecule has 0 saturated heterocycles. The number of carbonyl (C=O) groups is 2. The molecule has 6 heteroatoms. The van der Waals surface area contributed by atoms with Gasteiger partial charge in [0.25, 0.3) is 5.91 Å². The maximum Gasteiger partial charge on any atom is 0.253 e. The smallest absolute Gasteiger partial charge is 0.253 e. The van der Waals surface area contributed by atoms with Crippen molar-refractivity contribution in [3.8, 4) is 0 Å². The molecule has 2 N–H and O–H groups in total. The first kappa shape index (κ1) is 20.5. The zero-order valence-corrected chi connectivity index (χ0v) is 17.5. The second kappa shape index (κ2) is 9.24. The topological polar surface area (TPSA) is 58.2 Å². The van der Waals surface area contributed by atoms with Gasteiger partial charge in [-0.15, -0.1) is 11.8 Å². The van der Waals surface area contributed by atoms with Crippen molar-refractivity contribution < 1.29 is 9.59 Å². The van der Waals surface area contributed by atoms with Crippen molar-refractivity contribution in [2.75, 3.05) is 11.1 Å². The molecule has 0 aromatic heterocycles. The third-order valence-corrected chi connectivity index (χ3v) is 5.14. The zero-order chi connectivity index (χ0) is 19.2. The Balaban J connectivity index is 1.95. The molecule has 2 aromatic rings. The number of thioether (sulfide) groups is 1. The van der Waals surface area contributed by atoms with Crippen LogP contribution in [-0.4, -0.2) is 23.1 Å². The summed E-state index contributed by atoms with van der Waals surface area (Å²) >= 11 is 5.04. The van der Waals surface area contributed by atoms with Crippen LogP contribution in [-0.2, 0) is 10.5 Å². The number of hydrogen-bond acceptors (Lipinski definition) is 3. The molecule has 0 spiro atoms.